The lowest BCUT2D eigenvalue weighted by molar-refractivity contribution is -0.138. The molecule has 7 nitrogen and oxygen atoms in total. The van der Waals surface area contributed by atoms with Crippen molar-refractivity contribution in [3.05, 3.63) is 130 Å². The highest BCUT2D eigenvalue weighted by Crippen LogP contribution is 2.41. The number of ether oxygens (including phenoxy) is 2. The summed E-state index contributed by atoms with van der Waals surface area (Å²) >= 11 is 6.54. The fourth-order valence-electron chi connectivity index (χ4n) is 6.02. The predicted molar refractivity (Wildman–Crippen MR) is 204 cm³/mol. The first-order valence-corrected chi connectivity index (χ1v) is 17.7. The zero-order valence-corrected chi connectivity index (χ0v) is 31.1. The summed E-state index contributed by atoms with van der Waals surface area (Å²) in [6.45, 7) is 8.87. The highest BCUT2D eigenvalue weighted by Gasteiger charge is 2.39. The first-order valence-electron chi connectivity index (χ1n) is 17.3. The maximum Gasteiger partial charge on any atom is 0.256 e. The van der Waals surface area contributed by atoms with Gasteiger partial charge in [0.1, 0.15) is 23.8 Å². The van der Waals surface area contributed by atoms with Crippen LogP contribution in [-0.4, -0.2) is 44.2 Å². The van der Waals surface area contributed by atoms with Gasteiger partial charge in [0, 0.05) is 34.9 Å². The molecule has 51 heavy (non-hydrogen) atoms. The van der Waals surface area contributed by atoms with Crippen molar-refractivity contribution in [2.24, 2.45) is 5.41 Å². The van der Waals surface area contributed by atoms with E-state index in [9.17, 15) is 14.0 Å². The van der Waals surface area contributed by atoms with Crippen LogP contribution >= 0.6 is 24.0 Å². The summed E-state index contributed by atoms with van der Waals surface area (Å²) in [6.07, 6.45) is 0.912. The van der Waals surface area contributed by atoms with E-state index in [2.05, 4.69) is 55.7 Å². The Balaban J connectivity index is 0.00000583. The van der Waals surface area contributed by atoms with Gasteiger partial charge < -0.3 is 25.0 Å². The summed E-state index contributed by atoms with van der Waals surface area (Å²) in [5, 5.41) is 6.76. The number of nitrogens with zero attached hydrogens (tertiary/aromatic N) is 1. The van der Waals surface area contributed by atoms with Crippen LogP contribution in [0.5, 0.6) is 5.75 Å². The van der Waals surface area contributed by atoms with Gasteiger partial charge in [0.25, 0.3) is 5.91 Å². The summed E-state index contributed by atoms with van der Waals surface area (Å²) in [5.74, 6) is -0.470. The van der Waals surface area contributed by atoms with Crippen LogP contribution in [0.1, 0.15) is 68.4 Å². The molecule has 0 spiro atoms. The number of nitrogens with one attached hydrogen (secondary N) is 2. The molecular weight excluding hydrogens is 688 g/mol. The minimum absolute atomic E-state index is 0. The third-order valence-electron chi connectivity index (χ3n) is 8.43. The third kappa shape index (κ3) is 11.8. The highest BCUT2D eigenvalue weighted by molar-refractivity contribution is 6.30. The van der Waals surface area contributed by atoms with Gasteiger partial charge in [0.05, 0.1) is 13.0 Å². The average Bonchev–Trinajstić information content (AvgIpc) is 3.19. The van der Waals surface area contributed by atoms with E-state index >= 15 is 0 Å². The molecule has 4 aromatic carbocycles. The second-order valence-electron chi connectivity index (χ2n) is 13.9. The molecule has 0 saturated carbocycles. The van der Waals surface area contributed by atoms with Gasteiger partial charge in [0.15, 0.2) is 0 Å². The van der Waals surface area contributed by atoms with Gasteiger partial charge in [-0.25, -0.2) is 4.39 Å². The number of fused-ring (bicyclic) bond motifs is 1. The predicted octanol–water partition coefficient (Wildman–Crippen LogP) is 8.47. The summed E-state index contributed by atoms with van der Waals surface area (Å²) in [5.41, 5.74) is 3.63. The highest BCUT2D eigenvalue weighted by atomic mass is 35.5. The Morgan fingerprint density at radius 1 is 0.941 bits per heavy atom. The Hall–Kier alpha value is -3.95. The van der Waals surface area contributed by atoms with Gasteiger partial charge in [-0.1, -0.05) is 93.0 Å². The van der Waals surface area contributed by atoms with Crippen molar-refractivity contribution in [3.8, 4) is 5.75 Å². The van der Waals surface area contributed by atoms with Gasteiger partial charge in [-0.2, -0.15) is 0 Å². The molecule has 2 unspecified atom stereocenters. The van der Waals surface area contributed by atoms with Crippen LogP contribution in [0.3, 0.4) is 0 Å². The number of anilines is 1. The van der Waals surface area contributed by atoms with Gasteiger partial charge in [-0.15, -0.1) is 12.4 Å². The fraction of sp³-hybridized carbons (Fsp3) is 0.366. The SMILES string of the molecule is CC(C)(C)CN1C(=O)C(CC(=O)NCc2ccccc2F)OC(c2cccc(OCCCNCCCc3ccccc3)c2)c2cc(Cl)ccc21.Cl. The molecule has 0 bridgehead atoms. The normalized spacial score (nSPS) is 15.8. The molecular formula is C41H48Cl2FN3O4. The van der Waals surface area contributed by atoms with Crippen molar-refractivity contribution in [2.75, 3.05) is 31.1 Å². The lowest BCUT2D eigenvalue weighted by atomic mass is 9.94. The number of halogens is 3. The molecule has 2 amide bonds. The van der Waals surface area contributed by atoms with Crippen LogP contribution in [-0.2, 0) is 27.3 Å². The zero-order chi connectivity index (χ0) is 35.5. The van der Waals surface area contributed by atoms with Crippen molar-refractivity contribution < 1.29 is 23.5 Å². The smallest absolute Gasteiger partial charge is 0.256 e. The monoisotopic (exact) mass is 735 g/mol. The molecule has 1 aliphatic heterocycles. The van der Waals surface area contributed by atoms with E-state index in [0.29, 0.717) is 35.2 Å². The number of hydrogen-bond acceptors (Lipinski definition) is 5. The molecule has 0 radical (unpaired) electrons. The molecule has 1 heterocycles. The van der Waals surface area contributed by atoms with E-state index in [4.69, 9.17) is 21.1 Å². The van der Waals surface area contributed by atoms with E-state index in [1.165, 1.54) is 11.6 Å². The van der Waals surface area contributed by atoms with Crippen LogP contribution < -0.4 is 20.3 Å². The number of benzene rings is 4. The summed E-state index contributed by atoms with van der Waals surface area (Å²) in [4.78, 5) is 29.2. The Morgan fingerprint density at radius 3 is 2.45 bits per heavy atom. The molecule has 1 aliphatic rings. The third-order valence-corrected chi connectivity index (χ3v) is 8.67. The standard InChI is InChI=1S/C41H47ClFN3O4.ClH/c1-41(2,3)28-46-36-20-19-32(42)25-34(36)39(50-37(40(46)48)26-38(47)45-27-31-15-7-8-18-35(31)43)30-16-9-17-33(24-30)49-23-11-22-44-21-10-14-29-12-5-4-6-13-29;/h4-9,12-13,15-20,24-25,37,39,44H,10-11,14,21-23,26-28H2,1-3H3,(H,45,47);1H. The lowest BCUT2D eigenvalue weighted by Crippen LogP contribution is -2.45. The second-order valence-corrected chi connectivity index (χ2v) is 14.3. The van der Waals surface area contributed by atoms with E-state index in [0.717, 1.165) is 43.5 Å². The lowest BCUT2D eigenvalue weighted by Gasteiger charge is -2.31. The van der Waals surface area contributed by atoms with Crippen molar-refractivity contribution in [1.82, 2.24) is 10.6 Å². The molecule has 2 N–H and O–H groups in total. The quantitative estimate of drug-likeness (QED) is 0.120. The number of carbonyl (C=O) groups excluding carboxylic acids is 2. The number of hydrogen-bond donors (Lipinski definition) is 2. The number of rotatable bonds is 15. The first-order chi connectivity index (χ1) is 24.1. The van der Waals surface area contributed by atoms with E-state index in [-0.39, 0.29) is 36.7 Å². The van der Waals surface area contributed by atoms with Crippen LogP contribution in [0.4, 0.5) is 10.1 Å². The Bertz CT molecular complexity index is 1730. The summed E-state index contributed by atoms with van der Waals surface area (Å²) in [7, 11) is 0. The molecule has 10 heteroatoms. The molecule has 272 valence electrons. The molecule has 0 aromatic heterocycles. The van der Waals surface area contributed by atoms with Crippen molar-refractivity contribution in [2.45, 2.75) is 65.2 Å². The Morgan fingerprint density at radius 2 is 1.69 bits per heavy atom. The van der Waals surface area contributed by atoms with E-state index < -0.39 is 23.9 Å². The summed E-state index contributed by atoms with van der Waals surface area (Å²) < 4.78 is 27.0. The molecule has 5 rings (SSSR count). The second kappa shape index (κ2) is 19.0. The van der Waals surface area contributed by atoms with Crippen LogP contribution in [0.25, 0.3) is 0 Å². The molecule has 0 fully saturated rings. The van der Waals surface area contributed by atoms with Gasteiger partial charge in [0.2, 0.25) is 5.91 Å². The van der Waals surface area contributed by atoms with Gasteiger partial charge >= 0.3 is 0 Å². The maximum atomic E-state index is 14.2. The topological polar surface area (TPSA) is 79.9 Å². The zero-order valence-electron chi connectivity index (χ0n) is 29.5. The number of carbonyl (C=O) groups is 2. The van der Waals surface area contributed by atoms with Crippen molar-refractivity contribution in [3.63, 3.8) is 0 Å². The van der Waals surface area contributed by atoms with E-state index in [1.807, 2.05) is 42.5 Å². The largest absolute Gasteiger partial charge is 0.494 e. The van der Waals surface area contributed by atoms with Crippen LogP contribution in [0.2, 0.25) is 5.02 Å². The first kappa shape index (κ1) is 39.8. The summed E-state index contributed by atoms with van der Waals surface area (Å²) in [6, 6.07) is 29.8. The van der Waals surface area contributed by atoms with Crippen molar-refractivity contribution in [1.29, 1.82) is 0 Å². The molecule has 4 aromatic rings. The van der Waals surface area contributed by atoms with Gasteiger partial charge in [-0.3, -0.25) is 9.59 Å². The minimum Gasteiger partial charge on any atom is -0.494 e. The van der Waals surface area contributed by atoms with Crippen LogP contribution in [0, 0.1) is 11.2 Å². The van der Waals surface area contributed by atoms with Gasteiger partial charge in [-0.05, 0) is 85.3 Å². The maximum absolute atomic E-state index is 14.2. The van der Waals surface area contributed by atoms with Crippen LogP contribution in [0.15, 0.2) is 97.1 Å². The number of aryl methyl sites for hydroxylation is 1. The molecule has 0 saturated heterocycles. The Kier molecular flexibility index (Phi) is 14.9. The fourth-order valence-corrected chi connectivity index (χ4v) is 6.20. The van der Waals surface area contributed by atoms with Crippen molar-refractivity contribution >= 4 is 41.5 Å². The minimum atomic E-state index is -1.10. The molecule has 0 aliphatic carbocycles. The molecule has 2 atom stereocenters. The number of amides is 2. The Labute approximate surface area is 312 Å². The van der Waals surface area contributed by atoms with E-state index in [1.54, 1.807) is 29.2 Å². The average molecular weight is 737 g/mol.